The lowest BCUT2D eigenvalue weighted by Crippen LogP contribution is -2.21. The lowest BCUT2D eigenvalue weighted by molar-refractivity contribution is -0.0514. The normalized spacial score (nSPS) is 14.1. The molecule has 0 fully saturated rings. The Bertz CT molecular complexity index is 446. The van der Waals surface area contributed by atoms with Crippen molar-refractivity contribution in [3.8, 4) is 0 Å². The molecule has 0 aromatic rings. The fraction of sp³-hybridized carbons (Fsp3) is 1.00. The molecule has 0 bridgehead atoms. The summed E-state index contributed by atoms with van der Waals surface area (Å²) in [6, 6.07) is 0. The van der Waals surface area contributed by atoms with Crippen LogP contribution in [-0.2, 0) is 20.2 Å². The molecule has 0 spiro atoms. The second-order valence-electron chi connectivity index (χ2n) is 3.09. The van der Waals surface area contributed by atoms with Crippen molar-refractivity contribution < 1.29 is 62.5 Å². The molecule has 1 unspecified atom stereocenters. The Labute approximate surface area is 120 Å². The third-order valence-electron chi connectivity index (χ3n) is 1.27. The Morgan fingerprint density at radius 3 is 1.05 bits per heavy atom. The van der Waals surface area contributed by atoms with E-state index in [0.29, 0.717) is 6.42 Å². The predicted octanol–water partition coefficient (Wildman–Crippen LogP) is 0.538. The van der Waals surface area contributed by atoms with E-state index in [1.165, 1.54) is 0 Å². The summed E-state index contributed by atoms with van der Waals surface area (Å²) in [5.41, 5.74) is -11.1. The van der Waals surface area contributed by atoms with E-state index in [4.69, 9.17) is 36.2 Å². The van der Waals surface area contributed by atoms with E-state index in [1.54, 1.807) is 0 Å². The first-order valence-electron chi connectivity index (χ1n) is 4.67. The SMILES string of the molecule is CCC(O)CO.O=S(=O)(O)C(F)(F)F.O=S(=O)(O)C(F)(F)F. The zero-order valence-corrected chi connectivity index (χ0v) is 12.1. The van der Waals surface area contributed by atoms with Crippen LogP contribution in [0.15, 0.2) is 0 Å². The summed E-state index contributed by atoms with van der Waals surface area (Å²) in [5, 5.41) is 16.5. The van der Waals surface area contributed by atoms with Gasteiger partial charge in [-0.05, 0) is 6.42 Å². The number of halogens is 6. The second-order valence-corrected chi connectivity index (χ2v) is 5.91. The zero-order chi connectivity index (χ0) is 19.0. The van der Waals surface area contributed by atoms with Gasteiger partial charge in [-0.2, -0.15) is 43.2 Å². The quantitative estimate of drug-likeness (QED) is 0.303. The third-order valence-corrected chi connectivity index (χ3v) is 2.44. The van der Waals surface area contributed by atoms with Crippen molar-refractivity contribution in [2.75, 3.05) is 6.61 Å². The fourth-order valence-corrected chi connectivity index (χ4v) is 0.129. The van der Waals surface area contributed by atoms with Gasteiger partial charge in [-0.1, -0.05) is 6.92 Å². The molecule has 0 aromatic carbocycles. The van der Waals surface area contributed by atoms with Gasteiger partial charge in [-0.15, -0.1) is 0 Å². The molecule has 0 aliphatic heterocycles. The molecule has 0 aromatic heterocycles. The summed E-state index contributed by atoms with van der Waals surface area (Å²) in [6.07, 6.45) is 0.126. The smallest absolute Gasteiger partial charge is 0.394 e. The van der Waals surface area contributed by atoms with Gasteiger partial charge in [0.05, 0.1) is 12.7 Å². The van der Waals surface area contributed by atoms with Crippen molar-refractivity contribution in [1.82, 2.24) is 0 Å². The summed E-state index contributed by atoms with van der Waals surface area (Å²) >= 11 is 0. The van der Waals surface area contributed by atoms with Gasteiger partial charge in [0, 0.05) is 0 Å². The Hall–Kier alpha value is -0.680. The van der Waals surface area contributed by atoms with Gasteiger partial charge in [-0.25, -0.2) is 0 Å². The molecule has 0 aliphatic carbocycles. The van der Waals surface area contributed by atoms with Crippen molar-refractivity contribution >= 4 is 20.2 Å². The number of rotatable bonds is 2. The van der Waals surface area contributed by atoms with Crippen LogP contribution in [0.4, 0.5) is 26.3 Å². The van der Waals surface area contributed by atoms with E-state index in [9.17, 15) is 26.3 Å². The van der Waals surface area contributed by atoms with Crippen LogP contribution in [0.2, 0.25) is 0 Å². The molecule has 0 heterocycles. The minimum atomic E-state index is -5.84. The molecule has 4 N–H and O–H groups in total. The van der Waals surface area contributed by atoms with Crippen molar-refractivity contribution in [1.29, 1.82) is 0 Å². The number of alkyl halides is 6. The molecule has 0 saturated carbocycles. The van der Waals surface area contributed by atoms with Gasteiger partial charge in [0.25, 0.3) is 0 Å². The van der Waals surface area contributed by atoms with Crippen molar-refractivity contribution in [2.24, 2.45) is 0 Å². The molecule has 0 radical (unpaired) electrons. The van der Waals surface area contributed by atoms with Gasteiger partial charge >= 0.3 is 31.3 Å². The highest BCUT2D eigenvalue weighted by Gasteiger charge is 2.45. The molecule has 0 aliphatic rings. The summed E-state index contributed by atoms with van der Waals surface area (Å²) < 4.78 is 115. The van der Waals surface area contributed by atoms with Gasteiger partial charge in [-0.3, -0.25) is 9.11 Å². The molecular weight excluding hydrogens is 378 g/mol. The highest BCUT2D eigenvalue weighted by molar-refractivity contribution is 7.86. The average molecular weight is 390 g/mol. The molecule has 0 rings (SSSR count). The number of aliphatic hydroxyl groups excluding tert-OH is 2. The van der Waals surface area contributed by atoms with Crippen LogP contribution in [0.25, 0.3) is 0 Å². The molecule has 138 valence electrons. The van der Waals surface area contributed by atoms with E-state index in [1.807, 2.05) is 6.92 Å². The van der Waals surface area contributed by atoms with E-state index in [2.05, 4.69) is 0 Å². The highest BCUT2D eigenvalue weighted by Crippen LogP contribution is 2.21. The first-order chi connectivity index (χ1) is 9.31. The van der Waals surface area contributed by atoms with Crippen LogP contribution in [0.3, 0.4) is 0 Å². The van der Waals surface area contributed by atoms with Crippen LogP contribution in [0.1, 0.15) is 13.3 Å². The molecule has 1 atom stereocenters. The van der Waals surface area contributed by atoms with Crippen LogP contribution in [0, 0.1) is 0 Å². The minimum absolute atomic E-state index is 0.115. The topological polar surface area (TPSA) is 149 Å². The number of aliphatic hydroxyl groups is 2. The summed E-state index contributed by atoms with van der Waals surface area (Å²) in [5.74, 6) is 0. The third kappa shape index (κ3) is 14.3. The van der Waals surface area contributed by atoms with Crippen molar-refractivity contribution in [3.63, 3.8) is 0 Å². The van der Waals surface area contributed by atoms with Gasteiger partial charge in [0.15, 0.2) is 0 Å². The largest absolute Gasteiger partial charge is 0.522 e. The fourth-order valence-electron chi connectivity index (χ4n) is 0.129. The Balaban J connectivity index is -0.000000249. The minimum Gasteiger partial charge on any atom is -0.394 e. The molecule has 16 heteroatoms. The van der Waals surface area contributed by atoms with E-state index in [0.717, 1.165) is 0 Å². The van der Waals surface area contributed by atoms with Gasteiger partial charge in [0.2, 0.25) is 0 Å². The Morgan fingerprint density at radius 1 is 0.864 bits per heavy atom. The van der Waals surface area contributed by atoms with Crippen LogP contribution >= 0.6 is 0 Å². The van der Waals surface area contributed by atoms with Gasteiger partial charge < -0.3 is 10.2 Å². The molecular formula is C6H12F6O8S2. The number of hydrogen-bond donors (Lipinski definition) is 4. The lowest BCUT2D eigenvalue weighted by atomic mass is 10.3. The molecule has 0 saturated heterocycles. The Kier molecular flexibility index (Phi) is 11.3. The van der Waals surface area contributed by atoms with Crippen LogP contribution in [0.5, 0.6) is 0 Å². The summed E-state index contributed by atoms with van der Waals surface area (Å²) in [4.78, 5) is 0. The summed E-state index contributed by atoms with van der Waals surface area (Å²) in [7, 11) is -11.7. The molecule has 0 amide bonds. The summed E-state index contributed by atoms with van der Waals surface area (Å²) in [6.45, 7) is 1.71. The first-order valence-corrected chi connectivity index (χ1v) is 7.55. The van der Waals surface area contributed by atoms with Crippen LogP contribution < -0.4 is 0 Å². The molecule has 8 nitrogen and oxygen atoms in total. The lowest BCUT2D eigenvalue weighted by Gasteiger charge is -1.97. The maximum atomic E-state index is 10.7. The van der Waals surface area contributed by atoms with E-state index in [-0.39, 0.29) is 6.61 Å². The standard InChI is InChI=1S/C4H10O2.2CHF3O3S/c1-2-4(6)3-5;2*2-1(3,4)8(5,6)7/h4-6H,2-3H2,1H3;2*(H,5,6,7). The first kappa shape index (κ1) is 26.2. The van der Waals surface area contributed by atoms with E-state index >= 15 is 0 Å². The predicted molar refractivity (Wildman–Crippen MR) is 58.6 cm³/mol. The van der Waals surface area contributed by atoms with E-state index < -0.39 is 37.4 Å². The van der Waals surface area contributed by atoms with Gasteiger partial charge in [0.1, 0.15) is 0 Å². The maximum Gasteiger partial charge on any atom is 0.522 e. The Morgan fingerprint density at radius 2 is 1.05 bits per heavy atom. The molecule has 22 heavy (non-hydrogen) atoms. The van der Waals surface area contributed by atoms with Crippen molar-refractivity contribution in [2.45, 2.75) is 30.5 Å². The monoisotopic (exact) mass is 390 g/mol. The maximum absolute atomic E-state index is 10.7. The highest BCUT2D eigenvalue weighted by atomic mass is 32.2. The van der Waals surface area contributed by atoms with Crippen molar-refractivity contribution in [3.05, 3.63) is 0 Å². The zero-order valence-electron chi connectivity index (χ0n) is 10.5. The van der Waals surface area contributed by atoms with Crippen LogP contribution in [-0.4, -0.2) is 59.9 Å². The average Bonchev–Trinajstić information content (AvgIpc) is 2.24. The number of hydrogen-bond acceptors (Lipinski definition) is 6. The second kappa shape index (κ2) is 9.46.